The first-order valence-electron chi connectivity index (χ1n) is 6.23. The van der Waals surface area contributed by atoms with Crippen LogP contribution in [0.15, 0.2) is 17.5 Å². The van der Waals surface area contributed by atoms with Gasteiger partial charge in [0.05, 0.1) is 18.0 Å². The van der Waals surface area contributed by atoms with Crippen molar-refractivity contribution in [2.75, 3.05) is 19.7 Å². The Labute approximate surface area is 106 Å². The van der Waals surface area contributed by atoms with Gasteiger partial charge in [0.25, 0.3) is 0 Å². The van der Waals surface area contributed by atoms with Gasteiger partial charge >= 0.3 is 0 Å². The van der Waals surface area contributed by atoms with E-state index in [0.29, 0.717) is 6.54 Å². The number of hydrogen-bond donors (Lipinski definition) is 1. The van der Waals surface area contributed by atoms with Gasteiger partial charge in [0.15, 0.2) is 5.78 Å². The number of carbonyl (C=O) groups excluding carboxylic acids is 1. The van der Waals surface area contributed by atoms with E-state index in [-0.39, 0.29) is 18.4 Å². The third kappa shape index (κ3) is 3.37. The third-order valence-corrected chi connectivity index (χ3v) is 4.26. The van der Waals surface area contributed by atoms with Crippen molar-refractivity contribution in [2.24, 2.45) is 0 Å². The molecule has 1 aromatic rings. The summed E-state index contributed by atoms with van der Waals surface area (Å²) in [5, 5.41) is 11.3. The highest BCUT2D eigenvalue weighted by Gasteiger charge is 2.22. The number of ketones is 1. The van der Waals surface area contributed by atoms with Crippen molar-refractivity contribution in [3.05, 3.63) is 22.4 Å². The summed E-state index contributed by atoms with van der Waals surface area (Å²) in [6, 6.07) is 3.95. The molecule has 0 aromatic carbocycles. The summed E-state index contributed by atoms with van der Waals surface area (Å²) >= 11 is 1.49. The molecule has 0 radical (unpaired) electrons. The van der Waals surface area contributed by atoms with Crippen LogP contribution < -0.4 is 0 Å². The molecular formula is C13H19NO2S. The second-order valence-electron chi connectivity index (χ2n) is 4.56. The molecule has 1 aromatic heterocycles. The Balaban J connectivity index is 1.97. The molecule has 1 unspecified atom stereocenters. The van der Waals surface area contributed by atoms with E-state index in [1.165, 1.54) is 17.8 Å². The zero-order valence-corrected chi connectivity index (χ0v) is 10.8. The lowest BCUT2D eigenvalue weighted by Gasteiger charge is -2.27. The fourth-order valence-corrected chi connectivity index (χ4v) is 3.01. The topological polar surface area (TPSA) is 40.5 Å². The quantitative estimate of drug-likeness (QED) is 0.836. The maximum Gasteiger partial charge on any atom is 0.186 e. The number of aliphatic hydroxyl groups is 1. The van der Waals surface area contributed by atoms with Gasteiger partial charge < -0.3 is 5.11 Å². The van der Waals surface area contributed by atoms with E-state index in [1.807, 2.05) is 17.5 Å². The zero-order chi connectivity index (χ0) is 12.1. The van der Waals surface area contributed by atoms with Gasteiger partial charge in [-0.2, -0.15) is 0 Å². The molecule has 1 atom stereocenters. The van der Waals surface area contributed by atoms with Crippen molar-refractivity contribution in [1.82, 2.24) is 4.90 Å². The van der Waals surface area contributed by atoms with Crippen LogP contribution in [0, 0.1) is 0 Å². The van der Waals surface area contributed by atoms with E-state index in [1.54, 1.807) is 0 Å². The van der Waals surface area contributed by atoms with Crippen molar-refractivity contribution in [3.8, 4) is 0 Å². The van der Waals surface area contributed by atoms with Gasteiger partial charge in [-0.15, -0.1) is 11.3 Å². The Morgan fingerprint density at radius 1 is 1.47 bits per heavy atom. The molecule has 3 nitrogen and oxygen atoms in total. The van der Waals surface area contributed by atoms with Crippen LogP contribution >= 0.6 is 11.3 Å². The van der Waals surface area contributed by atoms with E-state index in [4.69, 9.17) is 0 Å². The van der Waals surface area contributed by atoms with Gasteiger partial charge in [-0.1, -0.05) is 18.9 Å². The third-order valence-electron chi connectivity index (χ3n) is 3.35. The molecule has 1 aliphatic heterocycles. The van der Waals surface area contributed by atoms with Crippen molar-refractivity contribution >= 4 is 17.1 Å². The Morgan fingerprint density at radius 2 is 2.35 bits per heavy atom. The number of likely N-dealkylation sites (tertiary alicyclic amines) is 1. The molecule has 4 heteroatoms. The van der Waals surface area contributed by atoms with E-state index in [2.05, 4.69) is 4.90 Å². The van der Waals surface area contributed by atoms with Gasteiger partial charge in [0, 0.05) is 6.04 Å². The second kappa shape index (κ2) is 6.28. The molecule has 2 rings (SSSR count). The summed E-state index contributed by atoms with van der Waals surface area (Å²) in [6.45, 7) is 1.55. The lowest BCUT2D eigenvalue weighted by molar-refractivity contribution is 0.0830. The van der Waals surface area contributed by atoms with Crippen LogP contribution in [0.4, 0.5) is 0 Å². The highest BCUT2D eigenvalue weighted by atomic mass is 32.1. The molecule has 0 amide bonds. The molecule has 1 N–H and O–H groups in total. The first-order valence-corrected chi connectivity index (χ1v) is 7.11. The largest absolute Gasteiger partial charge is 0.395 e. The monoisotopic (exact) mass is 253 g/mol. The number of nitrogens with zero attached hydrogens (tertiary/aromatic N) is 1. The molecule has 0 aliphatic carbocycles. The van der Waals surface area contributed by atoms with Crippen LogP contribution in [-0.2, 0) is 0 Å². The number of Topliss-reactive ketones (excluding diaryl/α,β-unsaturated/α-hetero) is 1. The Hall–Kier alpha value is -0.710. The Bertz CT molecular complexity index is 350. The molecular weight excluding hydrogens is 234 g/mol. The molecule has 94 valence electrons. The van der Waals surface area contributed by atoms with Gasteiger partial charge in [0.2, 0.25) is 0 Å². The number of thiophene rings is 1. The van der Waals surface area contributed by atoms with Crippen LogP contribution in [0.2, 0.25) is 0 Å². The lowest BCUT2D eigenvalue weighted by Crippen LogP contribution is -2.40. The molecule has 0 bridgehead atoms. The maximum atomic E-state index is 12.0. The number of hydrogen-bond acceptors (Lipinski definition) is 4. The normalized spacial score (nSPS) is 22.3. The van der Waals surface area contributed by atoms with Crippen LogP contribution in [0.25, 0.3) is 0 Å². The van der Waals surface area contributed by atoms with Crippen LogP contribution in [0.5, 0.6) is 0 Å². The summed E-state index contributed by atoms with van der Waals surface area (Å²) in [7, 11) is 0. The average Bonchev–Trinajstić information content (AvgIpc) is 2.78. The fourth-order valence-electron chi connectivity index (χ4n) is 2.35. The first kappa shape index (κ1) is 12.7. The van der Waals surface area contributed by atoms with Gasteiger partial charge in [-0.25, -0.2) is 0 Å². The smallest absolute Gasteiger partial charge is 0.186 e. The number of carbonyl (C=O) groups is 1. The minimum absolute atomic E-state index is 0.164. The van der Waals surface area contributed by atoms with Crippen molar-refractivity contribution < 1.29 is 9.90 Å². The fraction of sp³-hybridized carbons (Fsp3) is 0.615. The molecule has 1 aliphatic rings. The standard InChI is InChI=1S/C13H19NO2S/c15-10-11-5-2-1-3-7-14(11)9-12(16)13-6-4-8-17-13/h4,6,8,11,15H,1-3,5,7,9-10H2. The number of aliphatic hydroxyl groups excluding tert-OH is 1. The molecule has 2 heterocycles. The van der Waals surface area contributed by atoms with E-state index in [9.17, 15) is 9.90 Å². The number of rotatable bonds is 4. The summed E-state index contributed by atoms with van der Waals surface area (Å²) in [5.41, 5.74) is 0. The minimum Gasteiger partial charge on any atom is -0.395 e. The van der Waals surface area contributed by atoms with Crippen LogP contribution in [-0.4, -0.2) is 41.5 Å². The zero-order valence-electron chi connectivity index (χ0n) is 9.97. The minimum atomic E-state index is 0.164. The van der Waals surface area contributed by atoms with E-state index >= 15 is 0 Å². The predicted molar refractivity (Wildman–Crippen MR) is 69.6 cm³/mol. The Morgan fingerprint density at radius 3 is 3.06 bits per heavy atom. The van der Waals surface area contributed by atoms with Crippen LogP contribution in [0.1, 0.15) is 35.4 Å². The van der Waals surface area contributed by atoms with Gasteiger partial charge in [-0.05, 0) is 30.8 Å². The molecule has 1 saturated heterocycles. The first-order chi connectivity index (χ1) is 8.31. The van der Waals surface area contributed by atoms with Crippen molar-refractivity contribution in [3.63, 3.8) is 0 Å². The van der Waals surface area contributed by atoms with E-state index in [0.717, 1.165) is 30.7 Å². The van der Waals surface area contributed by atoms with E-state index < -0.39 is 0 Å². The average molecular weight is 253 g/mol. The van der Waals surface area contributed by atoms with Crippen molar-refractivity contribution in [1.29, 1.82) is 0 Å². The lowest BCUT2D eigenvalue weighted by atomic mass is 10.1. The summed E-state index contributed by atoms with van der Waals surface area (Å²) in [4.78, 5) is 15.0. The van der Waals surface area contributed by atoms with Gasteiger partial charge in [-0.3, -0.25) is 9.69 Å². The molecule has 1 fully saturated rings. The second-order valence-corrected chi connectivity index (χ2v) is 5.50. The summed E-state index contributed by atoms with van der Waals surface area (Å²) in [6.07, 6.45) is 4.51. The molecule has 0 spiro atoms. The highest BCUT2D eigenvalue weighted by Crippen LogP contribution is 2.18. The Kier molecular flexibility index (Phi) is 4.71. The highest BCUT2D eigenvalue weighted by molar-refractivity contribution is 7.12. The SMILES string of the molecule is O=C(CN1CCCCCC1CO)c1cccs1. The summed E-state index contributed by atoms with van der Waals surface area (Å²) < 4.78 is 0. The predicted octanol–water partition coefficient (Wildman–Crippen LogP) is 2.17. The molecule has 0 saturated carbocycles. The van der Waals surface area contributed by atoms with Crippen LogP contribution in [0.3, 0.4) is 0 Å². The van der Waals surface area contributed by atoms with Crippen molar-refractivity contribution in [2.45, 2.75) is 31.7 Å². The van der Waals surface area contributed by atoms with Gasteiger partial charge in [0.1, 0.15) is 0 Å². The molecule has 17 heavy (non-hydrogen) atoms. The summed E-state index contributed by atoms with van der Waals surface area (Å²) in [5.74, 6) is 0.181. The maximum absolute atomic E-state index is 12.0.